The molecular formula is C15H25N3. The Hall–Kier alpha value is -0.930. The number of aromatic nitrogens is 1. The van der Waals surface area contributed by atoms with Crippen molar-refractivity contribution in [2.24, 2.45) is 11.7 Å². The molecule has 2 rings (SSSR count). The van der Waals surface area contributed by atoms with Gasteiger partial charge in [-0.1, -0.05) is 0 Å². The van der Waals surface area contributed by atoms with Crippen LogP contribution in [0.4, 0.5) is 0 Å². The lowest BCUT2D eigenvalue weighted by Crippen LogP contribution is -2.33. The Labute approximate surface area is 110 Å². The topological polar surface area (TPSA) is 42.2 Å². The van der Waals surface area contributed by atoms with Gasteiger partial charge in [-0.3, -0.25) is 4.98 Å². The van der Waals surface area contributed by atoms with Crippen LogP contribution in [0.2, 0.25) is 0 Å². The molecule has 0 amide bonds. The Balaban J connectivity index is 1.67. The Morgan fingerprint density at radius 2 is 1.89 bits per heavy atom. The molecule has 0 aromatic carbocycles. The van der Waals surface area contributed by atoms with Crippen molar-refractivity contribution in [2.75, 3.05) is 20.1 Å². The van der Waals surface area contributed by atoms with E-state index in [-0.39, 0.29) is 0 Å². The summed E-state index contributed by atoms with van der Waals surface area (Å²) in [5.41, 5.74) is 7.32. The van der Waals surface area contributed by atoms with E-state index in [9.17, 15) is 0 Å². The summed E-state index contributed by atoms with van der Waals surface area (Å²) in [4.78, 5) is 6.51. The minimum Gasteiger partial charge on any atom is -0.328 e. The first-order valence-corrected chi connectivity index (χ1v) is 7.07. The zero-order valence-electron chi connectivity index (χ0n) is 11.4. The molecule has 18 heavy (non-hydrogen) atoms. The fourth-order valence-corrected chi connectivity index (χ4v) is 2.77. The molecule has 1 aliphatic rings. The highest BCUT2D eigenvalue weighted by Gasteiger charge is 2.19. The summed E-state index contributed by atoms with van der Waals surface area (Å²) in [6, 6.07) is 4.67. The Kier molecular flexibility index (Phi) is 5.14. The van der Waals surface area contributed by atoms with E-state index in [1.165, 1.54) is 37.8 Å². The zero-order chi connectivity index (χ0) is 12.8. The molecule has 1 aliphatic carbocycles. The molecule has 0 bridgehead atoms. The van der Waals surface area contributed by atoms with Crippen molar-refractivity contribution < 1.29 is 0 Å². The molecular weight excluding hydrogens is 222 g/mol. The van der Waals surface area contributed by atoms with Crippen LogP contribution in [0.1, 0.15) is 31.2 Å². The molecule has 0 saturated heterocycles. The van der Waals surface area contributed by atoms with Crippen molar-refractivity contribution in [3.05, 3.63) is 30.1 Å². The summed E-state index contributed by atoms with van der Waals surface area (Å²) in [6.07, 6.45) is 9.90. The van der Waals surface area contributed by atoms with Gasteiger partial charge in [-0.15, -0.1) is 0 Å². The summed E-state index contributed by atoms with van der Waals surface area (Å²) in [7, 11) is 2.23. The lowest BCUT2D eigenvalue weighted by atomic mass is 9.86. The van der Waals surface area contributed by atoms with Crippen LogP contribution < -0.4 is 5.73 Å². The number of rotatable bonds is 5. The van der Waals surface area contributed by atoms with E-state index in [0.29, 0.717) is 6.04 Å². The maximum atomic E-state index is 5.94. The highest BCUT2D eigenvalue weighted by molar-refractivity contribution is 5.09. The van der Waals surface area contributed by atoms with Gasteiger partial charge in [0.25, 0.3) is 0 Å². The highest BCUT2D eigenvalue weighted by Crippen LogP contribution is 2.23. The first-order valence-electron chi connectivity index (χ1n) is 7.07. The van der Waals surface area contributed by atoms with Gasteiger partial charge < -0.3 is 10.6 Å². The van der Waals surface area contributed by atoms with Gasteiger partial charge in [0.1, 0.15) is 0 Å². The van der Waals surface area contributed by atoms with Gasteiger partial charge in [-0.25, -0.2) is 0 Å². The molecule has 1 fully saturated rings. The predicted molar refractivity (Wildman–Crippen MR) is 75.4 cm³/mol. The van der Waals surface area contributed by atoms with Crippen LogP contribution >= 0.6 is 0 Å². The fourth-order valence-electron chi connectivity index (χ4n) is 2.77. The van der Waals surface area contributed by atoms with Crippen LogP contribution in [-0.4, -0.2) is 36.1 Å². The van der Waals surface area contributed by atoms with E-state index in [1.807, 2.05) is 12.4 Å². The maximum absolute atomic E-state index is 5.94. The molecule has 1 heterocycles. The molecule has 3 heteroatoms. The van der Waals surface area contributed by atoms with Gasteiger partial charge in [-0.2, -0.15) is 0 Å². The smallest absolute Gasteiger partial charge is 0.0270 e. The molecule has 100 valence electrons. The minimum atomic E-state index is 0.461. The summed E-state index contributed by atoms with van der Waals surface area (Å²) >= 11 is 0. The monoisotopic (exact) mass is 247 g/mol. The summed E-state index contributed by atoms with van der Waals surface area (Å²) < 4.78 is 0. The van der Waals surface area contributed by atoms with Crippen molar-refractivity contribution in [3.63, 3.8) is 0 Å². The molecule has 2 N–H and O–H groups in total. The van der Waals surface area contributed by atoms with Crippen LogP contribution in [0.5, 0.6) is 0 Å². The number of nitrogens with zero attached hydrogens (tertiary/aromatic N) is 2. The van der Waals surface area contributed by atoms with Gasteiger partial charge in [0.15, 0.2) is 0 Å². The van der Waals surface area contributed by atoms with Gasteiger partial charge in [0, 0.05) is 31.5 Å². The summed E-state index contributed by atoms with van der Waals surface area (Å²) in [5, 5.41) is 0. The fraction of sp³-hybridized carbons (Fsp3) is 0.667. The lowest BCUT2D eigenvalue weighted by Gasteiger charge is -2.29. The third-order valence-corrected chi connectivity index (χ3v) is 3.99. The number of hydrogen-bond acceptors (Lipinski definition) is 3. The summed E-state index contributed by atoms with van der Waals surface area (Å²) in [6.45, 7) is 2.35. The minimum absolute atomic E-state index is 0.461. The van der Waals surface area contributed by atoms with E-state index in [4.69, 9.17) is 5.73 Å². The standard InChI is InChI=1S/C15H25N3/c1-18(11-8-13-6-9-17-10-7-13)12-14-2-4-15(16)5-3-14/h6-7,9-10,14-15H,2-5,8,11-12,16H2,1H3. The maximum Gasteiger partial charge on any atom is 0.0270 e. The SMILES string of the molecule is CN(CCc1ccncc1)CC1CCC(N)CC1. The Morgan fingerprint density at radius 3 is 2.56 bits per heavy atom. The molecule has 3 nitrogen and oxygen atoms in total. The lowest BCUT2D eigenvalue weighted by molar-refractivity contribution is 0.225. The van der Waals surface area contributed by atoms with Crippen LogP contribution in [0.15, 0.2) is 24.5 Å². The number of pyridine rings is 1. The largest absolute Gasteiger partial charge is 0.328 e. The van der Waals surface area contributed by atoms with Crippen molar-refractivity contribution in [1.29, 1.82) is 0 Å². The zero-order valence-corrected chi connectivity index (χ0v) is 11.4. The quantitative estimate of drug-likeness (QED) is 0.866. The third kappa shape index (κ3) is 4.39. The molecule has 0 aliphatic heterocycles. The number of likely N-dealkylation sites (N-methyl/N-ethyl adjacent to an activating group) is 1. The van der Waals surface area contributed by atoms with Crippen LogP contribution in [0, 0.1) is 5.92 Å². The van der Waals surface area contributed by atoms with Crippen molar-refractivity contribution >= 4 is 0 Å². The first-order chi connectivity index (χ1) is 8.74. The van der Waals surface area contributed by atoms with E-state index in [2.05, 4.69) is 29.1 Å². The van der Waals surface area contributed by atoms with Gasteiger partial charge in [0.05, 0.1) is 0 Å². The van der Waals surface area contributed by atoms with E-state index < -0.39 is 0 Å². The average Bonchev–Trinajstić information content (AvgIpc) is 2.40. The van der Waals surface area contributed by atoms with Crippen molar-refractivity contribution in [1.82, 2.24) is 9.88 Å². The van der Waals surface area contributed by atoms with E-state index in [1.54, 1.807) is 0 Å². The molecule has 0 unspecified atom stereocenters. The highest BCUT2D eigenvalue weighted by atomic mass is 15.1. The molecule has 0 atom stereocenters. The molecule has 0 radical (unpaired) electrons. The molecule has 1 saturated carbocycles. The second kappa shape index (κ2) is 6.86. The van der Waals surface area contributed by atoms with Gasteiger partial charge in [0.2, 0.25) is 0 Å². The van der Waals surface area contributed by atoms with Crippen LogP contribution in [0.3, 0.4) is 0 Å². The molecule has 0 spiro atoms. The third-order valence-electron chi connectivity index (χ3n) is 3.99. The van der Waals surface area contributed by atoms with E-state index >= 15 is 0 Å². The molecule has 1 aromatic rings. The Bertz CT molecular complexity index is 331. The van der Waals surface area contributed by atoms with Gasteiger partial charge in [-0.05, 0) is 62.8 Å². The first kappa shape index (κ1) is 13.5. The second-order valence-electron chi connectivity index (χ2n) is 5.65. The van der Waals surface area contributed by atoms with E-state index in [0.717, 1.165) is 18.9 Å². The van der Waals surface area contributed by atoms with Crippen molar-refractivity contribution in [3.8, 4) is 0 Å². The van der Waals surface area contributed by atoms with Crippen LogP contribution in [-0.2, 0) is 6.42 Å². The number of nitrogens with two attached hydrogens (primary N) is 1. The Morgan fingerprint density at radius 1 is 1.22 bits per heavy atom. The van der Waals surface area contributed by atoms with Crippen LogP contribution in [0.25, 0.3) is 0 Å². The van der Waals surface area contributed by atoms with Gasteiger partial charge >= 0.3 is 0 Å². The summed E-state index contributed by atoms with van der Waals surface area (Å²) in [5.74, 6) is 0.854. The normalized spacial score (nSPS) is 24.4. The molecule has 1 aromatic heterocycles. The van der Waals surface area contributed by atoms with Crippen molar-refractivity contribution in [2.45, 2.75) is 38.1 Å². The average molecular weight is 247 g/mol. The second-order valence-corrected chi connectivity index (χ2v) is 5.65. The predicted octanol–water partition coefficient (Wildman–Crippen LogP) is 2.07. The number of hydrogen-bond donors (Lipinski definition) is 1.